The van der Waals surface area contributed by atoms with Crippen LogP contribution in [0.1, 0.15) is 41.6 Å². The molecule has 2 fully saturated rings. The van der Waals surface area contributed by atoms with Gasteiger partial charge in [0.25, 0.3) is 17.4 Å². The van der Waals surface area contributed by atoms with Gasteiger partial charge in [-0.1, -0.05) is 23.7 Å². The summed E-state index contributed by atoms with van der Waals surface area (Å²) in [6, 6.07) is 8.31. The van der Waals surface area contributed by atoms with Gasteiger partial charge in [0.2, 0.25) is 0 Å². The minimum atomic E-state index is -5.22. The highest BCUT2D eigenvalue weighted by Gasteiger charge is 2.62. The summed E-state index contributed by atoms with van der Waals surface area (Å²) < 4.78 is 47.2. The van der Waals surface area contributed by atoms with Crippen molar-refractivity contribution in [3.05, 3.63) is 52.7 Å². The fraction of sp³-hybridized carbons (Fsp3) is 0.536. The van der Waals surface area contributed by atoms with Crippen LogP contribution in [-0.2, 0) is 10.4 Å². The second-order valence-corrected chi connectivity index (χ2v) is 11.3. The molecule has 40 heavy (non-hydrogen) atoms. The first-order valence-electron chi connectivity index (χ1n) is 13.1. The minimum absolute atomic E-state index is 0.0815. The molecule has 1 aliphatic heterocycles. The Morgan fingerprint density at radius 1 is 1.18 bits per heavy atom. The Balaban J connectivity index is 1.35. The van der Waals surface area contributed by atoms with Crippen LogP contribution in [0.25, 0.3) is 0 Å². The molecule has 2 amide bonds. The predicted molar refractivity (Wildman–Crippen MR) is 144 cm³/mol. The molecule has 0 bridgehead atoms. The number of ether oxygens (including phenoxy) is 1. The molecule has 1 aromatic carbocycles. The summed E-state index contributed by atoms with van der Waals surface area (Å²) in [6.07, 6.45) is -1.98. The Hall–Kier alpha value is -3.05. The van der Waals surface area contributed by atoms with Crippen molar-refractivity contribution in [2.24, 2.45) is 11.3 Å². The fourth-order valence-corrected chi connectivity index (χ4v) is 5.85. The number of hydrogen-bond acceptors (Lipinski definition) is 6. The smallest absolute Gasteiger partial charge is 0.430 e. The standard InChI is InChI=1S/C28H34ClF3N4O4/c1-34(2)24(37)21-8-9-22(33-23(21)29)36-14-11-26(12-15-36)17-19(26)10-13-35(3)25(38)27(39,28(30,31)32)18-6-5-7-20(16-18)40-4/h5-9,16,19,39H,10-15,17H2,1-4H3/t19-,27+/m0/s1. The van der Waals surface area contributed by atoms with Crippen LogP contribution in [0.2, 0.25) is 5.15 Å². The van der Waals surface area contributed by atoms with Crippen molar-refractivity contribution in [1.82, 2.24) is 14.8 Å². The van der Waals surface area contributed by atoms with Crippen LogP contribution in [0.4, 0.5) is 19.0 Å². The normalized spacial score (nSPS) is 19.6. The first-order valence-corrected chi connectivity index (χ1v) is 13.4. The quantitative estimate of drug-likeness (QED) is 0.466. The molecule has 218 valence electrons. The third kappa shape index (κ3) is 5.58. The summed E-state index contributed by atoms with van der Waals surface area (Å²) in [6.45, 7) is 1.56. The number of hydrogen-bond donors (Lipinski definition) is 1. The van der Waals surface area contributed by atoms with Crippen LogP contribution in [0.5, 0.6) is 5.75 Å². The molecule has 2 atom stereocenters. The van der Waals surface area contributed by atoms with Crippen LogP contribution in [0.15, 0.2) is 36.4 Å². The second kappa shape index (κ2) is 11.1. The Morgan fingerprint density at radius 2 is 1.85 bits per heavy atom. The van der Waals surface area contributed by atoms with Gasteiger partial charge in [0, 0.05) is 46.3 Å². The number of halogens is 4. The van der Waals surface area contributed by atoms with Gasteiger partial charge in [0.15, 0.2) is 0 Å². The SMILES string of the molecule is COc1cccc([C@@](O)(C(=O)N(C)CC[C@H]2CC23CCN(c2ccc(C(=O)N(C)C)c(Cl)n2)CC3)C(F)(F)F)c1. The number of amides is 2. The highest BCUT2D eigenvalue weighted by atomic mass is 35.5. The number of pyridine rings is 1. The van der Waals surface area contributed by atoms with Crippen molar-refractivity contribution in [2.45, 2.75) is 37.5 Å². The highest BCUT2D eigenvalue weighted by Crippen LogP contribution is 2.61. The van der Waals surface area contributed by atoms with Crippen molar-refractivity contribution >= 4 is 29.2 Å². The van der Waals surface area contributed by atoms with Crippen LogP contribution in [0, 0.1) is 11.3 Å². The van der Waals surface area contributed by atoms with Gasteiger partial charge in [0.05, 0.1) is 12.7 Å². The van der Waals surface area contributed by atoms with Gasteiger partial charge < -0.3 is 24.5 Å². The maximum absolute atomic E-state index is 14.1. The van der Waals surface area contributed by atoms with Gasteiger partial charge in [-0.25, -0.2) is 4.98 Å². The summed E-state index contributed by atoms with van der Waals surface area (Å²) in [4.78, 5) is 34.2. The van der Waals surface area contributed by atoms with Crippen LogP contribution in [0.3, 0.4) is 0 Å². The molecular formula is C28H34ClF3N4O4. The first kappa shape index (κ1) is 29.9. The zero-order valence-electron chi connectivity index (χ0n) is 23.0. The van der Waals surface area contributed by atoms with Gasteiger partial charge in [-0.05, 0) is 61.3 Å². The van der Waals surface area contributed by atoms with E-state index in [0.717, 1.165) is 49.4 Å². The summed E-state index contributed by atoms with van der Waals surface area (Å²) in [7, 11) is 5.88. The number of carbonyl (C=O) groups excluding carboxylic acids is 2. The Kier molecular flexibility index (Phi) is 8.29. The van der Waals surface area contributed by atoms with E-state index in [2.05, 4.69) is 9.88 Å². The lowest BCUT2D eigenvalue weighted by molar-refractivity contribution is -0.261. The van der Waals surface area contributed by atoms with Crippen LogP contribution in [-0.4, -0.2) is 85.8 Å². The van der Waals surface area contributed by atoms with Crippen LogP contribution < -0.4 is 9.64 Å². The maximum Gasteiger partial charge on any atom is 0.430 e. The summed E-state index contributed by atoms with van der Waals surface area (Å²) in [5, 5.41) is 10.9. The van der Waals surface area contributed by atoms with Gasteiger partial charge in [-0.2, -0.15) is 13.2 Å². The summed E-state index contributed by atoms with van der Waals surface area (Å²) in [5.41, 5.74) is -3.84. The average molecular weight is 583 g/mol. The van der Waals surface area contributed by atoms with E-state index in [4.69, 9.17) is 16.3 Å². The van der Waals surface area contributed by atoms with E-state index in [-0.39, 0.29) is 34.7 Å². The van der Waals surface area contributed by atoms with Crippen molar-refractivity contribution in [3.8, 4) is 5.75 Å². The van der Waals surface area contributed by atoms with Crippen molar-refractivity contribution in [1.29, 1.82) is 0 Å². The summed E-state index contributed by atoms with van der Waals surface area (Å²) in [5.74, 6) is -0.559. The van der Waals surface area contributed by atoms with E-state index in [1.807, 2.05) is 0 Å². The molecule has 1 saturated carbocycles. The third-order valence-electron chi connectivity index (χ3n) is 8.28. The number of alkyl halides is 3. The number of piperidine rings is 1. The molecule has 2 heterocycles. The largest absolute Gasteiger partial charge is 0.497 e. The number of methoxy groups -OCH3 is 1. The number of aliphatic hydroxyl groups is 1. The Morgan fingerprint density at radius 3 is 2.42 bits per heavy atom. The van der Waals surface area contributed by atoms with Crippen LogP contribution >= 0.6 is 11.6 Å². The predicted octanol–water partition coefficient (Wildman–Crippen LogP) is 4.35. The molecule has 0 unspecified atom stereocenters. The zero-order chi connectivity index (χ0) is 29.5. The molecule has 12 heteroatoms. The van der Waals surface area contributed by atoms with Gasteiger partial charge in [0.1, 0.15) is 16.7 Å². The Labute approximate surface area is 236 Å². The highest BCUT2D eigenvalue weighted by molar-refractivity contribution is 6.32. The van der Waals surface area contributed by atoms with Crippen molar-refractivity contribution < 1.29 is 32.6 Å². The molecule has 8 nitrogen and oxygen atoms in total. The lowest BCUT2D eigenvalue weighted by atomic mass is 9.89. The molecular weight excluding hydrogens is 549 g/mol. The van der Waals surface area contributed by atoms with E-state index >= 15 is 0 Å². The lowest BCUT2D eigenvalue weighted by Crippen LogP contribution is -2.55. The van der Waals surface area contributed by atoms with E-state index in [9.17, 15) is 27.9 Å². The number of benzene rings is 1. The topological polar surface area (TPSA) is 86.2 Å². The molecule has 2 aromatic rings. The molecule has 1 saturated heterocycles. The number of rotatable bonds is 8. The van der Waals surface area contributed by atoms with Gasteiger partial charge in [-0.3, -0.25) is 9.59 Å². The first-order chi connectivity index (χ1) is 18.7. The van der Waals surface area contributed by atoms with E-state index in [1.165, 1.54) is 31.2 Å². The van der Waals surface area contributed by atoms with Gasteiger partial charge >= 0.3 is 6.18 Å². The minimum Gasteiger partial charge on any atom is -0.497 e. The fourth-order valence-electron chi connectivity index (χ4n) is 5.62. The molecule has 1 N–H and O–H groups in total. The molecule has 1 aliphatic carbocycles. The number of nitrogens with zero attached hydrogens (tertiary/aromatic N) is 4. The van der Waals surface area contributed by atoms with E-state index < -0.39 is 23.2 Å². The number of carbonyl (C=O) groups is 2. The maximum atomic E-state index is 14.1. The molecule has 2 aliphatic rings. The third-order valence-corrected chi connectivity index (χ3v) is 8.57. The molecule has 1 aromatic heterocycles. The monoisotopic (exact) mass is 582 g/mol. The molecule has 0 radical (unpaired) electrons. The second-order valence-electron chi connectivity index (χ2n) is 10.9. The van der Waals surface area contributed by atoms with Crippen molar-refractivity contribution in [2.75, 3.05) is 52.8 Å². The number of aromatic nitrogens is 1. The van der Waals surface area contributed by atoms with E-state index in [1.54, 1.807) is 26.2 Å². The molecule has 1 spiro atoms. The van der Waals surface area contributed by atoms with E-state index in [0.29, 0.717) is 17.8 Å². The van der Waals surface area contributed by atoms with Gasteiger partial charge in [-0.15, -0.1) is 0 Å². The summed E-state index contributed by atoms with van der Waals surface area (Å²) >= 11 is 6.28. The average Bonchev–Trinajstić information content (AvgIpc) is 3.60. The Bertz CT molecular complexity index is 1270. The number of likely N-dealkylation sites (N-methyl/N-ethyl adjacent to an activating group) is 1. The number of anilines is 1. The lowest BCUT2D eigenvalue weighted by Gasteiger charge is -2.35. The zero-order valence-corrected chi connectivity index (χ0v) is 23.7. The molecule has 4 rings (SSSR count). The van der Waals surface area contributed by atoms with Crippen molar-refractivity contribution in [3.63, 3.8) is 0 Å².